The quantitative estimate of drug-likeness (QED) is 0.662. The van der Waals surface area contributed by atoms with Gasteiger partial charge in [-0.2, -0.15) is 5.26 Å². The zero-order valence-corrected chi connectivity index (χ0v) is 16.7. The van der Waals surface area contributed by atoms with Gasteiger partial charge in [-0.1, -0.05) is 32.9 Å². The minimum Gasteiger partial charge on any atom is -0.479 e. The van der Waals surface area contributed by atoms with E-state index in [1.165, 1.54) is 26.0 Å². The zero-order valence-electron chi connectivity index (χ0n) is 15.9. The number of amides is 1. The van der Waals surface area contributed by atoms with Crippen LogP contribution in [0.25, 0.3) is 0 Å². The van der Waals surface area contributed by atoms with Crippen molar-refractivity contribution in [2.45, 2.75) is 39.0 Å². The van der Waals surface area contributed by atoms with Crippen molar-refractivity contribution < 1.29 is 27.5 Å². The number of methoxy groups -OCH3 is 1. The van der Waals surface area contributed by atoms with E-state index in [2.05, 4.69) is 4.74 Å². The smallest absolute Gasteiger partial charge is 0.309 e. The lowest BCUT2D eigenvalue weighted by atomic mass is 10.1. The molecular weight excluding hydrogens is 372 g/mol. The summed E-state index contributed by atoms with van der Waals surface area (Å²) in [5, 5.41) is 7.95. The van der Waals surface area contributed by atoms with Crippen LogP contribution in [0.3, 0.4) is 0 Å². The monoisotopic (exact) mass is 396 g/mol. The van der Waals surface area contributed by atoms with E-state index in [9.17, 15) is 18.0 Å². The highest BCUT2D eigenvalue weighted by Gasteiger charge is 2.36. The maximum Gasteiger partial charge on any atom is 0.309 e. The summed E-state index contributed by atoms with van der Waals surface area (Å²) in [6.45, 7) is 6.09. The standard InChI is InChI=1S/C18H24N2O6S/c1-11(2)16(26-15-9-7-6-8-14(15)10-19)17(21)20-27(23,24)13(4)12(3)18(22)25-5/h6-9,11-13,16H,1-5H3,(H,20,21)/t12-,13+,16+/m1/s1. The van der Waals surface area contributed by atoms with E-state index in [0.717, 1.165) is 7.11 Å². The summed E-state index contributed by atoms with van der Waals surface area (Å²) in [6, 6.07) is 8.30. The summed E-state index contributed by atoms with van der Waals surface area (Å²) in [7, 11) is -2.99. The molecule has 0 aliphatic rings. The van der Waals surface area contributed by atoms with Crippen LogP contribution in [-0.4, -0.2) is 38.8 Å². The van der Waals surface area contributed by atoms with Crippen LogP contribution < -0.4 is 9.46 Å². The number of rotatable bonds is 8. The first-order valence-corrected chi connectivity index (χ1v) is 9.88. The molecule has 9 heteroatoms. The van der Waals surface area contributed by atoms with Crippen LogP contribution >= 0.6 is 0 Å². The van der Waals surface area contributed by atoms with Gasteiger partial charge in [0.15, 0.2) is 6.10 Å². The van der Waals surface area contributed by atoms with Gasteiger partial charge in [0, 0.05) is 0 Å². The fourth-order valence-electron chi connectivity index (χ4n) is 2.23. The van der Waals surface area contributed by atoms with Crippen LogP contribution in [0.1, 0.15) is 33.3 Å². The van der Waals surface area contributed by atoms with E-state index in [0.29, 0.717) is 0 Å². The molecule has 0 radical (unpaired) electrons. The van der Waals surface area contributed by atoms with E-state index < -0.39 is 39.2 Å². The van der Waals surface area contributed by atoms with Gasteiger partial charge in [-0.05, 0) is 25.0 Å². The molecule has 0 spiro atoms. The first kappa shape index (κ1) is 22.4. The lowest BCUT2D eigenvalue weighted by molar-refractivity contribution is -0.144. The number of carbonyl (C=O) groups is 2. The Balaban J connectivity index is 3.02. The number of nitrogens with one attached hydrogen (secondary N) is 1. The number of carbonyl (C=O) groups excluding carboxylic acids is 2. The summed E-state index contributed by atoms with van der Waals surface area (Å²) in [4.78, 5) is 24.1. The van der Waals surface area contributed by atoms with Gasteiger partial charge in [-0.3, -0.25) is 9.59 Å². The lowest BCUT2D eigenvalue weighted by Crippen LogP contribution is -2.48. The molecule has 27 heavy (non-hydrogen) atoms. The number of nitrogens with zero attached hydrogens (tertiary/aromatic N) is 1. The summed E-state index contributed by atoms with van der Waals surface area (Å²) in [5.74, 6) is -2.72. The fourth-order valence-corrected chi connectivity index (χ4v) is 3.46. The number of benzene rings is 1. The highest BCUT2D eigenvalue weighted by atomic mass is 32.2. The van der Waals surface area contributed by atoms with E-state index in [1.807, 2.05) is 10.8 Å². The Labute approximate surface area is 159 Å². The van der Waals surface area contributed by atoms with E-state index in [4.69, 9.17) is 10.00 Å². The molecule has 0 saturated heterocycles. The summed E-state index contributed by atoms with van der Waals surface area (Å²) in [6.07, 6.45) is -1.14. The third kappa shape index (κ3) is 5.69. The topological polar surface area (TPSA) is 123 Å². The summed E-state index contributed by atoms with van der Waals surface area (Å²) < 4.78 is 37.1. The molecule has 8 nitrogen and oxygen atoms in total. The Bertz CT molecular complexity index is 828. The van der Waals surface area contributed by atoms with Crippen molar-refractivity contribution in [3.05, 3.63) is 29.8 Å². The summed E-state index contributed by atoms with van der Waals surface area (Å²) in [5.41, 5.74) is 0.228. The van der Waals surface area contributed by atoms with Gasteiger partial charge in [0.2, 0.25) is 10.0 Å². The van der Waals surface area contributed by atoms with Crippen LogP contribution in [0.15, 0.2) is 24.3 Å². The van der Waals surface area contributed by atoms with Gasteiger partial charge in [0.05, 0.1) is 23.8 Å². The van der Waals surface area contributed by atoms with Gasteiger partial charge in [0.1, 0.15) is 11.8 Å². The molecule has 0 heterocycles. The molecule has 3 atom stereocenters. The van der Waals surface area contributed by atoms with Gasteiger partial charge in [0.25, 0.3) is 5.91 Å². The minimum atomic E-state index is -4.15. The molecule has 0 unspecified atom stereocenters. The molecule has 1 N–H and O–H groups in total. The number of hydrogen-bond donors (Lipinski definition) is 1. The highest BCUT2D eigenvalue weighted by Crippen LogP contribution is 2.21. The Morgan fingerprint density at radius 1 is 1.15 bits per heavy atom. The van der Waals surface area contributed by atoms with Gasteiger partial charge in [-0.25, -0.2) is 13.1 Å². The third-order valence-electron chi connectivity index (χ3n) is 4.13. The molecule has 0 saturated carbocycles. The molecule has 1 aromatic carbocycles. The number of esters is 1. The second-order valence-electron chi connectivity index (χ2n) is 6.42. The molecule has 1 aromatic rings. The van der Waals surface area contributed by atoms with Crippen molar-refractivity contribution in [1.82, 2.24) is 4.72 Å². The van der Waals surface area contributed by atoms with E-state index in [-0.39, 0.29) is 17.2 Å². The van der Waals surface area contributed by atoms with E-state index in [1.54, 1.807) is 26.0 Å². The van der Waals surface area contributed by atoms with Crippen molar-refractivity contribution in [2.24, 2.45) is 11.8 Å². The predicted molar refractivity (Wildman–Crippen MR) is 98.1 cm³/mol. The minimum absolute atomic E-state index is 0.183. The molecule has 0 bridgehead atoms. The Kier molecular flexibility index (Phi) is 7.79. The molecule has 1 rings (SSSR count). The molecule has 1 amide bonds. The molecule has 0 aliphatic carbocycles. The van der Waals surface area contributed by atoms with Crippen LogP contribution in [0.5, 0.6) is 5.75 Å². The first-order chi connectivity index (χ1) is 12.5. The maximum absolute atomic E-state index is 12.6. The molecule has 0 aromatic heterocycles. The molecular formula is C18H24N2O6S. The number of hydrogen-bond acceptors (Lipinski definition) is 7. The van der Waals surface area contributed by atoms with Crippen LogP contribution in [-0.2, 0) is 24.3 Å². The average molecular weight is 396 g/mol. The second kappa shape index (κ2) is 9.37. The summed E-state index contributed by atoms with van der Waals surface area (Å²) >= 11 is 0. The molecule has 0 fully saturated rings. The lowest BCUT2D eigenvalue weighted by Gasteiger charge is -2.24. The molecule has 0 aliphatic heterocycles. The highest BCUT2D eigenvalue weighted by molar-refractivity contribution is 7.90. The van der Waals surface area contributed by atoms with Crippen LogP contribution in [0, 0.1) is 23.2 Å². The Morgan fingerprint density at radius 2 is 1.74 bits per heavy atom. The predicted octanol–water partition coefficient (Wildman–Crippen LogP) is 1.61. The number of ether oxygens (including phenoxy) is 2. The number of sulfonamides is 1. The largest absolute Gasteiger partial charge is 0.479 e. The van der Waals surface area contributed by atoms with Gasteiger partial charge < -0.3 is 9.47 Å². The first-order valence-electron chi connectivity index (χ1n) is 8.34. The Morgan fingerprint density at radius 3 is 2.26 bits per heavy atom. The van der Waals surface area contributed by atoms with Crippen molar-refractivity contribution in [1.29, 1.82) is 5.26 Å². The van der Waals surface area contributed by atoms with Crippen molar-refractivity contribution in [3.63, 3.8) is 0 Å². The zero-order chi connectivity index (χ0) is 20.8. The van der Waals surface area contributed by atoms with Gasteiger partial charge in [-0.15, -0.1) is 0 Å². The second-order valence-corrected chi connectivity index (χ2v) is 8.46. The average Bonchev–Trinajstić information content (AvgIpc) is 2.63. The van der Waals surface area contributed by atoms with Crippen molar-refractivity contribution in [2.75, 3.05) is 7.11 Å². The SMILES string of the molecule is COC(=O)[C@H](C)[C@H](C)S(=O)(=O)NC(=O)[C@@H](Oc1ccccc1C#N)C(C)C. The maximum atomic E-state index is 12.6. The molecule has 148 valence electrons. The van der Waals surface area contributed by atoms with Crippen molar-refractivity contribution in [3.8, 4) is 11.8 Å². The van der Waals surface area contributed by atoms with Gasteiger partial charge >= 0.3 is 5.97 Å². The van der Waals surface area contributed by atoms with Crippen molar-refractivity contribution >= 4 is 21.9 Å². The third-order valence-corrected chi connectivity index (χ3v) is 6.01. The number of para-hydroxylation sites is 1. The van der Waals surface area contributed by atoms with E-state index >= 15 is 0 Å². The van der Waals surface area contributed by atoms with Crippen LogP contribution in [0.2, 0.25) is 0 Å². The normalized spacial score (nSPS) is 14.6. The Hall–Kier alpha value is -2.60. The number of nitriles is 1. The van der Waals surface area contributed by atoms with Crippen LogP contribution in [0.4, 0.5) is 0 Å². The fraction of sp³-hybridized carbons (Fsp3) is 0.500.